The summed E-state index contributed by atoms with van der Waals surface area (Å²) in [5.74, 6) is 2.73. The van der Waals surface area contributed by atoms with Crippen LogP contribution in [0.5, 0.6) is 0 Å². The molecular formula is C7H14N4S. The van der Waals surface area contributed by atoms with Crippen LogP contribution in [0.4, 0.5) is 0 Å². The maximum Gasteiger partial charge on any atom is 0.150 e. The second kappa shape index (κ2) is 5.16. The molecule has 5 heteroatoms. The van der Waals surface area contributed by atoms with Crippen LogP contribution in [0.15, 0.2) is 0 Å². The van der Waals surface area contributed by atoms with E-state index in [2.05, 4.69) is 15.2 Å². The summed E-state index contributed by atoms with van der Waals surface area (Å²) >= 11 is 1.73. The SMILES string of the molecule is CSCc1nc(CCCN)n[nH]1. The number of thioether (sulfide) groups is 1. The van der Waals surface area contributed by atoms with Crippen LogP contribution in [0.3, 0.4) is 0 Å². The fourth-order valence-corrected chi connectivity index (χ4v) is 1.31. The molecule has 0 aliphatic heterocycles. The summed E-state index contributed by atoms with van der Waals surface area (Å²) in [7, 11) is 0. The molecule has 0 aliphatic carbocycles. The van der Waals surface area contributed by atoms with Gasteiger partial charge in [-0.25, -0.2) is 4.98 Å². The third-order valence-corrected chi connectivity index (χ3v) is 2.03. The lowest BCUT2D eigenvalue weighted by molar-refractivity contribution is 0.785. The zero-order valence-corrected chi connectivity index (χ0v) is 8.02. The highest BCUT2D eigenvalue weighted by Gasteiger charge is 2.00. The van der Waals surface area contributed by atoms with Gasteiger partial charge in [-0.2, -0.15) is 16.9 Å². The highest BCUT2D eigenvalue weighted by atomic mass is 32.2. The van der Waals surface area contributed by atoms with Crippen LogP contribution < -0.4 is 5.73 Å². The molecule has 0 radical (unpaired) electrons. The molecule has 0 spiro atoms. The van der Waals surface area contributed by atoms with Gasteiger partial charge in [0, 0.05) is 6.42 Å². The maximum atomic E-state index is 5.37. The van der Waals surface area contributed by atoms with Crippen molar-refractivity contribution in [2.75, 3.05) is 12.8 Å². The van der Waals surface area contributed by atoms with E-state index in [1.165, 1.54) is 0 Å². The van der Waals surface area contributed by atoms with Crippen LogP contribution in [-0.2, 0) is 12.2 Å². The van der Waals surface area contributed by atoms with Crippen LogP contribution >= 0.6 is 11.8 Å². The summed E-state index contributed by atoms with van der Waals surface area (Å²) in [6, 6.07) is 0. The fourth-order valence-electron chi connectivity index (χ4n) is 0.908. The van der Waals surface area contributed by atoms with Gasteiger partial charge in [0.1, 0.15) is 5.82 Å². The molecule has 0 unspecified atom stereocenters. The van der Waals surface area contributed by atoms with E-state index in [0.29, 0.717) is 6.54 Å². The summed E-state index contributed by atoms with van der Waals surface area (Å²) in [6.45, 7) is 0.701. The Morgan fingerprint density at radius 3 is 3.08 bits per heavy atom. The summed E-state index contributed by atoms with van der Waals surface area (Å²) in [5, 5.41) is 6.96. The van der Waals surface area contributed by atoms with Crippen molar-refractivity contribution in [3.05, 3.63) is 11.6 Å². The molecule has 1 rings (SSSR count). The van der Waals surface area contributed by atoms with Gasteiger partial charge in [-0.05, 0) is 19.2 Å². The molecule has 3 N–H and O–H groups in total. The molecule has 1 aromatic rings. The first-order valence-corrected chi connectivity index (χ1v) is 5.35. The molecule has 0 saturated heterocycles. The summed E-state index contributed by atoms with van der Waals surface area (Å²) < 4.78 is 0. The molecule has 0 atom stereocenters. The second-order valence-corrected chi connectivity index (χ2v) is 3.39. The minimum atomic E-state index is 0.701. The molecule has 0 aliphatic rings. The maximum absolute atomic E-state index is 5.37. The van der Waals surface area contributed by atoms with E-state index in [-0.39, 0.29) is 0 Å². The lowest BCUT2D eigenvalue weighted by Crippen LogP contribution is -2.01. The molecule has 0 fully saturated rings. The highest BCUT2D eigenvalue weighted by molar-refractivity contribution is 7.97. The van der Waals surface area contributed by atoms with Gasteiger partial charge >= 0.3 is 0 Å². The number of aromatic amines is 1. The predicted molar refractivity (Wildman–Crippen MR) is 51.0 cm³/mol. The van der Waals surface area contributed by atoms with E-state index in [0.717, 1.165) is 30.2 Å². The Hall–Kier alpha value is -0.550. The summed E-state index contributed by atoms with van der Waals surface area (Å²) in [5.41, 5.74) is 5.37. The molecule has 0 aromatic carbocycles. The van der Waals surface area contributed by atoms with Gasteiger partial charge < -0.3 is 5.73 Å². The highest BCUT2D eigenvalue weighted by Crippen LogP contribution is 2.03. The Labute approximate surface area is 76.3 Å². The molecule has 0 amide bonds. The van der Waals surface area contributed by atoms with Gasteiger partial charge in [-0.1, -0.05) is 0 Å². The number of rotatable bonds is 5. The number of H-pyrrole nitrogens is 1. The van der Waals surface area contributed by atoms with Crippen molar-refractivity contribution in [3.63, 3.8) is 0 Å². The van der Waals surface area contributed by atoms with Crippen LogP contribution in [-0.4, -0.2) is 28.0 Å². The third kappa shape index (κ3) is 2.83. The average Bonchev–Trinajstić information content (AvgIpc) is 2.50. The van der Waals surface area contributed by atoms with Crippen LogP contribution in [0.1, 0.15) is 18.1 Å². The monoisotopic (exact) mass is 186 g/mol. The number of hydrogen-bond acceptors (Lipinski definition) is 4. The summed E-state index contributed by atoms with van der Waals surface area (Å²) in [6.07, 6.45) is 3.88. The third-order valence-electron chi connectivity index (χ3n) is 1.46. The topological polar surface area (TPSA) is 67.6 Å². The van der Waals surface area contributed by atoms with E-state index < -0.39 is 0 Å². The Kier molecular flexibility index (Phi) is 4.10. The number of aromatic nitrogens is 3. The number of nitrogens with one attached hydrogen (secondary N) is 1. The van der Waals surface area contributed by atoms with Gasteiger partial charge in [0.2, 0.25) is 0 Å². The first-order valence-electron chi connectivity index (χ1n) is 3.96. The number of nitrogens with zero attached hydrogens (tertiary/aromatic N) is 2. The molecular weight excluding hydrogens is 172 g/mol. The van der Waals surface area contributed by atoms with Crippen LogP contribution in [0.25, 0.3) is 0 Å². The molecule has 1 heterocycles. The van der Waals surface area contributed by atoms with Gasteiger partial charge in [0.05, 0.1) is 5.75 Å². The molecule has 12 heavy (non-hydrogen) atoms. The number of aryl methyl sites for hydroxylation is 1. The van der Waals surface area contributed by atoms with Gasteiger partial charge in [0.25, 0.3) is 0 Å². The van der Waals surface area contributed by atoms with E-state index in [4.69, 9.17) is 5.73 Å². The zero-order chi connectivity index (χ0) is 8.81. The lowest BCUT2D eigenvalue weighted by atomic mass is 10.3. The Balaban J connectivity index is 2.41. The van der Waals surface area contributed by atoms with Crippen molar-refractivity contribution in [2.24, 2.45) is 5.73 Å². The van der Waals surface area contributed by atoms with Crippen molar-refractivity contribution in [2.45, 2.75) is 18.6 Å². The normalized spacial score (nSPS) is 10.5. The Morgan fingerprint density at radius 1 is 1.58 bits per heavy atom. The predicted octanol–water partition coefficient (Wildman–Crippen LogP) is 0.559. The number of nitrogens with two attached hydrogens (primary N) is 1. The van der Waals surface area contributed by atoms with Crippen molar-refractivity contribution >= 4 is 11.8 Å². The van der Waals surface area contributed by atoms with Gasteiger partial charge in [-0.3, -0.25) is 5.10 Å². The van der Waals surface area contributed by atoms with E-state index in [9.17, 15) is 0 Å². The van der Waals surface area contributed by atoms with Gasteiger partial charge in [0.15, 0.2) is 5.82 Å². The lowest BCUT2D eigenvalue weighted by Gasteiger charge is -1.89. The Bertz CT molecular complexity index is 223. The minimum absolute atomic E-state index is 0.701. The second-order valence-electron chi connectivity index (χ2n) is 2.52. The fraction of sp³-hybridized carbons (Fsp3) is 0.714. The standard InChI is InChI=1S/C7H14N4S/c1-12-5-7-9-6(10-11-7)3-2-4-8/h2-5,8H2,1H3,(H,9,10,11). The molecule has 68 valence electrons. The van der Waals surface area contributed by atoms with Crippen molar-refractivity contribution < 1.29 is 0 Å². The Morgan fingerprint density at radius 2 is 2.42 bits per heavy atom. The molecule has 0 saturated carbocycles. The smallest absolute Gasteiger partial charge is 0.150 e. The van der Waals surface area contributed by atoms with E-state index >= 15 is 0 Å². The van der Waals surface area contributed by atoms with E-state index in [1.807, 2.05) is 6.26 Å². The largest absolute Gasteiger partial charge is 0.330 e. The van der Waals surface area contributed by atoms with Crippen molar-refractivity contribution in [1.82, 2.24) is 15.2 Å². The quantitative estimate of drug-likeness (QED) is 0.705. The van der Waals surface area contributed by atoms with Crippen molar-refractivity contribution in [3.8, 4) is 0 Å². The first-order chi connectivity index (χ1) is 5.86. The average molecular weight is 186 g/mol. The van der Waals surface area contributed by atoms with Crippen LogP contribution in [0, 0.1) is 0 Å². The first kappa shape index (κ1) is 9.54. The van der Waals surface area contributed by atoms with E-state index in [1.54, 1.807) is 11.8 Å². The molecule has 4 nitrogen and oxygen atoms in total. The van der Waals surface area contributed by atoms with Gasteiger partial charge in [-0.15, -0.1) is 0 Å². The number of hydrogen-bond donors (Lipinski definition) is 2. The molecule has 1 aromatic heterocycles. The zero-order valence-electron chi connectivity index (χ0n) is 7.21. The molecule has 0 bridgehead atoms. The minimum Gasteiger partial charge on any atom is -0.330 e. The summed E-state index contributed by atoms with van der Waals surface area (Å²) in [4.78, 5) is 4.29. The van der Waals surface area contributed by atoms with Crippen LogP contribution in [0.2, 0.25) is 0 Å². The van der Waals surface area contributed by atoms with Crippen molar-refractivity contribution in [1.29, 1.82) is 0 Å².